The fraction of sp³-hybridized carbons (Fsp3) is 0.533. The summed E-state index contributed by atoms with van der Waals surface area (Å²) in [6.07, 6.45) is 1.06. The summed E-state index contributed by atoms with van der Waals surface area (Å²) in [6.45, 7) is 5.80. The Morgan fingerprint density at radius 3 is 3.00 bits per heavy atom. The number of hydrogen-bond acceptors (Lipinski definition) is 5. The number of nitrogens with one attached hydrogen (secondary N) is 2. The lowest BCUT2D eigenvalue weighted by Gasteiger charge is -2.14. The lowest BCUT2D eigenvalue weighted by atomic mass is 10.3. The zero-order valence-electron chi connectivity index (χ0n) is 12.6. The first-order chi connectivity index (χ1) is 10.3. The highest BCUT2D eigenvalue weighted by molar-refractivity contribution is 7.99. The molecule has 0 amide bonds. The number of aromatic nitrogens is 2. The monoisotopic (exact) mass is 309 g/mol. The van der Waals surface area contributed by atoms with E-state index in [2.05, 4.69) is 22.2 Å². The lowest BCUT2D eigenvalue weighted by molar-refractivity contribution is 0.254. The van der Waals surface area contributed by atoms with Crippen molar-refractivity contribution in [2.24, 2.45) is 0 Å². The van der Waals surface area contributed by atoms with Crippen molar-refractivity contribution in [2.75, 3.05) is 25.5 Å². The second-order valence-electron chi connectivity index (χ2n) is 4.80. The van der Waals surface area contributed by atoms with Crippen LogP contribution in [0.1, 0.15) is 20.3 Å². The van der Waals surface area contributed by atoms with E-state index in [9.17, 15) is 5.11 Å². The van der Waals surface area contributed by atoms with Crippen LogP contribution in [0.5, 0.6) is 5.75 Å². The van der Waals surface area contributed by atoms with Crippen LogP contribution < -0.4 is 10.1 Å². The van der Waals surface area contributed by atoms with Crippen molar-refractivity contribution in [1.82, 2.24) is 15.3 Å². The van der Waals surface area contributed by atoms with Crippen LogP contribution >= 0.6 is 11.8 Å². The van der Waals surface area contributed by atoms with Crippen molar-refractivity contribution in [1.29, 1.82) is 0 Å². The molecular weight excluding hydrogens is 286 g/mol. The second kappa shape index (κ2) is 8.26. The predicted octanol–water partition coefficient (Wildman–Crippen LogP) is 2.41. The molecule has 0 saturated heterocycles. The van der Waals surface area contributed by atoms with Crippen molar-refractivity contribution in [3.05, 3.63) is 18.2 Å². The zero-order chi connectivity index (χ0) is 15.1. The van der Waals surface area contributed by atoms with Crippen LogP contribution in [0.4, 0.5) is 0 Å². The second-order valence-corrected chi connectivity index (χ2v) is 5.81. The van der Waals surface area contributed by atoms with Crippen molar-refractivity contribution >= 4 is 22.8 Å². The number of thioether (sulfide) groups is 1. The van der Waals surface area contributed by atoms with Gasteiger partial charge in [-0.1, -0.05) is 18.7 Å². The van der Waals surface area contributed by atoms with Gasteiger partial charge in [0.25, 0.3) is 0 Å². The van der Waals surface area contributed by atoms with Crippen LogP contribution in [-0.2, 0) is 0 Å². The summed E-state index contributed by atoms with van der Waals surface area (Å²) in [7, 11) is 0. The Balaban J connectivity index is 1.98. The van der Waals surface area contributed by atoms with E-state index in [0.717, 1.165) is 40.7 Å². The van der Waals surface area contributed by atoms with E-state index in [-0.39, 0.29) is 12.6 Å². The number of fused-ring (bicyclic) bond motifs is 1. The number of benzene rings is 1. The van der Waals surface area contributed by atoms with E-state index < -0.39 is 0 Å². The van der Waals surface area contributed by atoms with E-state index in [1.807, 2.05) is 25.1 Å². The Morgan fingerprint density at radius 1 is 1.43 bits per heavy atom. The maximum atomic E-state index is 9.34. The van der Waals surface area contributed by atoms with Gasteiger partial charge in [0.2, 0.25) is 0 Å². The molecule has 0 saturated carbocycles. The van der Waals surface area contributed by atoms with E-state index in [1.165, 1.54) is 0 Å². The Morgan fingerprint density at radius 2 is 2.29 bits per heavy atom. The molecular formula is C15H23N3O2S. The first-order valence-corrected chi connectivity index (χ1v) is 8.35. The minimum atomic E-state index is 0.0992. The molecule has 0 bridgehead atoms. The Hall–Kier alpha value is -1.24. The average molecular weight is 309 g/mol. The fourth-order valence-corrected chi connectivity index (χ4v) is 2.92. The fourth-order valence-electron chi connectivity index (χ4n) is 1.99. The summed E-state index contributed by atoms with van der Waals surface area (Å²) in [6, 6.07) is 5.96. The number of imidazole rings is 1. The molecule has 0 spiro atoms. The quantitative estimate of drug-likeness (QED) is 0.621. The largest absolute Gasteiger partial charge is 0.494 e. The summed E-state index contributed by atoms with van der Waals surface area (Å²) >= 11 is 1.62. The van der Waals surface area contributed by atoms with E-state index in [0.29, 0.717) is 6.61 Å². The standard InChI is InChI=1S/C15H23N3O2S/c1-3-7-16-11(9-19)10-21-15-17-13-6-5-12(20-4-2)8-14(13)18-15/h5-6,8,11,16,19H,3-4,7,9-10H2,1-2H3,(H,17,18). The van der Waals surface area contributed by atoms with Gasteiger partial charge in [-0.25, -0.2) is 4.98 Å². The van der Waals surface area contributed by atoms with Gasteiger partial charge in [-0.05, 0) is 32.0 Å². The number of aliphatic hydroxyl groups is 1. The third kappa shape index (κ3) is 4.62. The highest BCUT2D eigenvalue weighted by Gasteiger charge is 2.10. The van der Waals surface area contributed by atoms with Crippen LogP contribution in [0.3, 0.4) is 0 Å². The Kier molecular flexibility index (Phi) is 6.35. The molecule has 116 valence electrons. The van der Waals surface area contributed by atoms with Crippen molar-refractivity contribution < 1.29 is 9.84 Å². The van der Waals surface area contributed by atoms with Gasteiger partial charge in [-0.2, -0.15) is 0 Å². The van der Waals surface area contributed by atoms with Gasteiger partial charge < -0.3 is 20.1 Å². The first-order valence-electron chi connectivity index (χ1n) is 7.36. The molecule has 6 heteroatoms. The highest BCUT2D eigenvalue weighted by atomic mass is 32.2. The summed E-state index contributed by atoms with van der Waals surface area (Å²) < 4.78 is 5.49. The highest BCUT2D eigenvalue weighted by Crippen LogP contribution is 2.23. The summed E-state index contributed by atoms with van der Waals surface area (Å²) in [5.74, 6) is 1.64. The smallest absolute Gasteiger partial charge is 0.166 e. The number of hydrogen-bond donors (Lipinski definition) is 3. The normalized spacial score (nSPS) is 12.7. The van der Waals surface area contributed by atoms with Gasteiger partial charge in [-0.15, -0.1) is 0 Å². The number of aliphatic hydroxyl groups excluding tert-OH is 1. The minimum Gasteiger partial charge on any atom is -0.494 e. The summed E-state index contributed by atoms with van der Waals surface area (Å²) in [5, 5.41) is 13.5. The molecule has 2 rings (SSSR count). The maximum absolute atomic E-state index is 9.34. The van der Waals surface area contributed by atoms with Gasteiger partial charge in [-0.3, -0.25) is 0 Å². The molecule has 21 heavy (non-hydrogen) atoms. The van der Waals surface area contributed by atoms with E-state index in [1.54, 1.807) is 11.8 Å². The van der Waals surface area contributed by atoms with Crippen LogP contribution in [-0.4, -0.2) is 46.6 Å². The lowest BCUT2D eigenvalue weighted by Crippen LogP contribution is -2.35. The summed E-state index contributed by atoms with van der Waals surface area (Å²) in [5.41, 5.74) is 1.91. The first kappa shape index (κ1) is 16.1. The number of rotatable bonds is 9. The number of nitrogens with zero attached hydrogens (tertiary/aromatic N) is 1. The van der Waals surface area contributed by atoms with Gasteiger partial charge in [0.1, 0.15) is 5.75 Å². The molecule has 1 aromatic heterocycles. The van der Waals surface area contributed by atoms with Gasteiger partial charge in [0.15, 0.2) is 5.16 Å². The molecule has 0 aliphatic rings. The number of ether oxygens (including phenoxy) is 1. The molecule has 0 aliphatic heterocycles. The predicted molar refractivity (Wildman–Crippen MR) is 87.2 cm³/mol. The zero-order valence-corrected chi connectivity index (χ0v) is 13.4. The number of aromatic amines is 1. The van der Waals surface area contributed by atoms with Crippen molar-refractivity contribution in [2.45, 2.75) is 31.5 Å². The molecule has 1 atom stereocenters. The third-order valence-corrected chi connectivity index (χ3v) is 4.10. The van der Waals surface area contributed by atoms with E-state index in [4.69, 9.17) is 4.74 Å². The minimum absolute atomic E-state index is 0.0992. The molecule has 5 nitrogen and oxygen atoms in total. The molecule has 2 aromatic rings. The molecule has 1 heterocycles. The topological polar surface area (TPSA) is 70.2 Å². The number of H-pyrrole nitrogens is 1. The Bertz CT molecular complexity index is 559. The SMILES string of the molecule is CCCNC(CO)CSc1nc2ccc(OCC)cc2[nH]1. The molecule has 0 radical (unpaired) electrons. The summed E-state index contributed by atoms with van der Waals surface area (Å²) in [4.78, 5) is 7.84. The van der Waals surface area contributed by atoms with E-state index >= 15 is 0 Å². The molecule has 3 N–H and O–H groups in total. The third-order valence-electron chi connectivity index (χ3n) is 3.07. The maximum Gasteiger partial charge on any atom is 0.166 e. The van der Waals surface area contributed by atoms with Gasteiger partial charge >= 0.3 is 0 Å². The van der Waals surface area contributed by atoms with Crippen LogP contribution in [0, 0.1) is 0 Å². The van der Waals surface area contributed by atoms with Gasteiger partial charge in [0, 0.05) is 17.9 Å². The molecule has 0 fully saturated rings. The van der Waals surface area contributed by atoms with Crippen LogP contribution in [0.2, 0.25) is 0 Å². The van der Waals surface area contributed by atoms with Crippen LogP contribution in [0.25, 0.3) is 11.0 Å². The van der Waals surface area contributed by atoms with Crippen LogP contribution in [0.15, 0.2) is 23.4 Å². The Labute approximate surface area is 129 Å². The van der Waals surface area contributed by atoms with Crippen molar-refractivity contribution in [3.63, 3.8) is 0 Å². The van der Waals surface area contributed by atoms with Crippen molar-refractivity contribution in [3.8, 4) is 5.75 Å². The molecule has 1 unspecified atom stereocenters. The molecule has 1 aromatic carbocycles. The molecule has 0 aliphatic carbocycles. The van der Waals surface area contributed by atoms with Gasteiger partial charge in [0.05, 0.1) is 24.2 Å². The average Bonchev–Trinajstić information content (AvgIpc) is 2.90.